The average molecular weight is 215 g/mol. The van der Waals surface area contributed by atoms with Gasteiger partial charge in [0.15, 0.2) is 0 Å². The Bertz CT molecular complexity index is 315. The third-order valence-corrected chi connectivity index (χ3v) is 3.16. The smallest absolute Gasteiger partial charge is 0.107 e. The first-order valence-electron chi connectivity index (χ1n) is 4.57. The molecule has 0 aromatic carbocycles. The zero-order chi connectivity index (χ0) is 10.1. The molecular formula is C9H13NO3S. The molecule has 0 unspecified atom stereocenters. The van der Waals surface area contributed by atoms with Crippen molar-refractivity contribution in [3.63, 3.8) is 0 Å². The van der Waals surface area contributed by atoms with E-state index < -0.39 is 12.2 Å². The number of aliphatic hydroxyl groups excluding tert-OH is 2. The van der Waals surface area contributed by atoms with Gasteiger partial charge in [0.05, 0.1) is 23.4 Å². The number of hydrogen-bond donors (Lipinski definition) is 2. The number of aliphatic hydroxyl groups is 2. The van der Waals surface area contributed by atoms with Crippen molar-refractivity contribution in [3.8, 4) is 0 Å². The van der Waals surface area contributed by atoms with Crippen molar-refractivity contribution in [1.82, 2.24) is 4.98 Å². The molecule has 2 heterocycles. The average Bonchev–Trinajstić information content (AvgIpc) is 2.71. The summed E-state index contributed by atoms with van der Waals surface area (Å²) in [6, 6.07) is 0. The number of rotatable bonds is 2. The minimum Gasteiger partial charge on any atom is -0.394 e. The predicted octanol–water partition coefficient (Wildman–Crippen LogP) is 0.635. The van der Waals surface area contributed by atoms with E-state index in [0.717, 1.165) is 10.7 Å². The van der Waals surface area contributed by atoms with E-state index in [4.69, 9.17) is 9.84 Å². The number of hydrogen-bond acceptors (Lipinski definition) is 5. The summed E-state index contributed by atoms with van der Waals surface area (Å²) in [6.45, 7) is 1.80. The molecule has 2 N–H and O–H groups in total. The van der Waals surface area contributed by atoms with Crippen LogP contribution in [0.1, 0.15) is 23.2 Å². The van der Waals surface area contributed by atoms with E-state index in [9.17, 15) is 5.11 Å². The van der Waals surface area contributed by atoms with Crippen LogP contribution in [0.2, 0.25) is 0 Å². The number of thiazole rings is 1. The van der Waals surface area contributed by atoms with Gasteiger partial charge in [-0.25, -0.2) is 4.98 Å². The molecule has 1 aliphatic rings. The number of aromatic nitrogens is 1. The molecule has 0 bridgehead atoms. The maximum atomic E-state index is 9.52. The minimum absolute atomic E-state index is 0.138. The van der Waals surface area contributed by atoms with Gasteiger partial charge in [-0.2, -0.15) is 0 Å². The third-order valence-electron chi connectivity index (χ3n) is 2.37. The van der Waals surface area contributed by atoms with E-state index in [0.29, 0.717) is 6.42 Å². The van der Waals surface area contributed by atoms with Gasteiger partial charge in [-0.15, -0.1) is 11.3 Å². The monoisotopic (exact) mass is 215 g/mol. The van der Waals surface area contributed by atoms with Gasteiger partial charge in [0.1, 0.15) is 12.2 Å². The highest BCUT2D eigenvalue weighted by Gasteiger charge is 2.35. The summed E-state index contributed by atoms with van der Waals surface area (Å²) in [5, 5.41) is 21.3. The van der Waals surface area contributed by atoms with Gasteiger partial charge < -0.3 is 14.9 Å². The van der Waals surface area contributed by atoms with Crippen molar-refractivity contribution in [1.29, 1.82) is 0 Å². The van der Waals surface area contributed by atoms with Crippen LogP contribution in [0.15, 0.2) is 5.38 Å². The molecule has 5 heteroatoms. The van der Waals surface area contributed by atoms with Crippen molar-refractivity contribution in [2.45, 2.75) is 31.7 Å². The summed E-state index contributed by atoms with van der Waals surface area (Å²) in [5.41, 5.74) is 0.863. The lowest BCUT2D eigenvalue weighted by molar-refractivity contribution is -0.0234. The summed E-state index contributed by atoms with van der Waals surface area (Å²) < 4.78 is 5.47. The quantitative estimate of drug-likeness (QED) is 0.759. The largest absolute Gasteiger partial charge is 0.394 e. The van der Waals surface area contributed by atoms with Crippen LogP contribution in [0, 0.1) is 6.92 Å². The zero-order valence-electron chi connectivity index (χ0n) is 7.88. The van der Waals surface area contributed by atoms with E-state index in [1.807, 2.05) is 12.3 Å². The first-order valence-corrected chi connectivity index (χ1v) is 5.45. The first kappa shape index (κ1) is 10.0. The Morgan fingerprint density at radius 3 is 3.00 bits per heavy atom. The Balaban J connectivity index is 2.08. The first-order chi connectivity index (χ1) is 6.70. The Hall–Kier alpha value is -0.490. The van der Waals surface area contributed by atoms with Gasteiger partial charge in [0.25, 0.3) is 0 Å². The van der Waals surface area contributed by atoms with Gasteiger partial charge in [-0.05, 0) is 6.92 Å². The van der Waals surface area contributed by atoms with Crippen molar-refractivity contribution in [3.05, 3.63) is 16.1 Å². The Labute approximate surface area is 86.2 Å². The molecule has 1 aliphatic heterocycles. The second kappa shape index (κ2) is 3.94. The molecule has 0 spiro atoms. The Morgan fingerprint density at radius 2 is 2.50 bits per heavy atom. The predicted molar refractivity (Wildman–Crippen MR) is 52.2 cm³/mol. The van der Waals surface area contributed by atoms with Crippen LogP contribution in [0.25, 0.3) is 0 Å². The van der Waals surface area contributed by atoms with Gasteiger partial charge in [-0.1, -0.05) is 0 Å². The Kier molecular flexibility index (Phi) is 2.83. The molecule has 0 saturated carbocycles. The highest BCUT2D eigenvalue weighted by Crippen LogP contribution is 2.33. The zero-order valence-corrected chi connectivity index (χ0v) is 8.70. The molecule has 0 aliphatic carbocycles. The van der Waals surface area contributed by atoms with Gasteiger partial charge in [0.2, 0.25) is 0 Å². The number of nitrogens with zero attached hydrogens (tertiary/aromatic N) is 1. The molecule has 2 rings (SSSR count). The number of aryl methyl sites for hydroxylation is 1. The minimum atomic E-state index is -0.577. The number of ether oxygens (including phenoxy) is 1. The Morgan fingerprint density at radius 1 is 1.71 bits per heavy atom. The van der Waals surface area contributed by atoms with Crippen molar-refractivity contribution >= 4 is 11.3 Å². The second-order valence-electron chi connectivity index (χ2n) is 3.44. The second-order valence-corrected chi connectivity index (χ2v) is 4.50. The maximum absolute atomic E-state index is 9.52. The summed E-state index contributed by atoms with van der Waals surface area (Å²) in [7, 11) is 0. The lowest BCUT2D eigenvalue weighted by atomic mass is 10.1. The lowest BCUT2D eigenvalue weighted by Gasteiger charge is -2.10. The molecular weight excluding hydrogens is 202 g/mol. The molecule has 4 nitrogen and oxygen atoms in total. The van der Waals surface area contributed by atoms with E-state index >= 15 is 0 Å². The summed E-state index contributed by atoms with van der Waals surface area (Å²) in [5.74, 6) is 0. The van der Waals surface area contributed by atoms with E-state index in [1.54, 1.807) is 11.3 Å². The highest BCUT2D eigenvalue weighted by atomic mass is 32.1. The normalized spacial score (nSPS) is 32.4. The van der Waals surface area contributed by atoms with Gasteiger partial charge >= 0.3 is 0 Å². The molecule has 3 atom stereocenters. The van der Waals surface area contributed by atoms with Crippen LogP contribution in [-0.4, -0.2) is 34.0 Å². The fourth-order valence-electron chi connectivity index (χ4n) is 1.61. The van der Waals surface area contributed by atoms with Gasteiger partial charge in [-0.3, -0.25) is 0 Å². The molecule has 78 valence electrons. The molecule has 1 saturated heterocycles. The lowest BCUT2D eigenvalue weighted by Crippen LogP contribution is -2.24. The molecule has 0 amide bonds. The van der Waals surface area contributed by atoms with E-state index in [2.05, 4.69) is 4.98 Å². The molecule has 1 fully saturated rings. The van der Waals surface area contributed by atoms with Crippen LogP contribution in [0.4, 0.5) is 0 Å². The van der Waals surface area contributed by atoms with Crippen molar-refractivity contribution in [2.75, 3.05) is 6.61 Å². The summed E-state index contributed by atoms with van der Waals surface area (Å²) in [6.07, 6.45) is -0.671. The third kappa shape index (κ3) is 1.81. The van der Waals surface area contributed by atoms with Crippen LogP contribution >= 0.6 is 11.3 Å². The molecule has 1 aromatic heterocycles. The van der Waals surface area contributed by atoms with E-state index in [-0.39, 0.29) is 12.7 Å². The van der Waals surface area contributed by atoms with E-state index in [1.165, 1.54) is 0 Å². The van der Waals surface area contributed by atoms with Crippen LogP contribution < -0.4 is 0 Å². The van der Waals surface area contributed by atoms with Crippen LogP contribution in [0.3, 0.4) is 0 Å². The summed E-state index contributed by atoms with van der Waals surface area (Å²) >= 11 is 1.57. The van der Waals surface area contributed by atoms with Gasteiger partial charge in [0, 0.05) is 11.8 Å². The highest BCUT2D eigenvalue weighted by molar-refractivity contribution is 7.09. The fourth-order valence-corrected chi connectivity index (χ4v) is 2.27. The van der Waals surface area contributed by atoms with Crippen LogP contribution in [-0.2, 0) is 4.74 Å². The van der Waals surface area contributed by atoms with Crippen molar-refractivity contribution in [2.24, 2.45) is 0 Å². The molecule has 0 radical (unpaired) electrons. The maximum Gasteiger partial charge on any atom is 0.107 e. The standard InChI is InChI=1S/C9H13NO3S/c1-5-10-6(4-14-5)8-2-7(12)9(3-11)13-8/h4,7-9,11-12H,2-3H2,1H3/t7-,8+,9+/m0/s1. The van der Waals surface area contributed by atoms with Crippen molar-refractivity contribution < 1.29 is 14.9 Å². The fraction of sp³-hybridized carbons (Fsp3) is 0.667. The SMILES string of the molecule is Cc1nc([C@H]2C[C@H](O)[C@@H](CO)O2)cs1. The topological polar surface area (TPSA) is 62.6 Å². The van der Waals surface area contributed by atoms with Crippen LogP contribution in [0.5, 0.6) is 0 Å². The summed E-state index contributed by atoms with van der Waals surface area (Å²) in [4.78, 5) is 4.30. The molecule has 14 heavy (non-hydrogen) atoms. The molecule has 1 aromatic rings.